The Bertz CT molecular complexity index is 163. The van der Waals surface area contributed by atoms with Crippen molar-refractivity contribution in [2.45, 2.75) is 45.0 Å². The number of aliphatic hydroxyl groups is 1. The molecule has 0 radical (unpaired) electrons. The molecule has 0 bridgehead atoms. The van der Waals surface area contributed by atoms with Crippen molar-refractivity contribution in [3.05, 3.63) is 0 Å². The highest BCUT2D eigenvalue weighted by molar-refractivity contribution is 4.96. The van der Waals surface area contributed by atoms with E-state index in [9.17, 15) is 5.11 Å². The van der Waals surface area contributed by atoms with Crippen LogP contribution < -0.4 is 5.73 Å². The number of hydrogen-bond acceptors (Lipinski definition) is 3. The zero-order chi connectivity index (χ0) is 9.35. The molecule has 0 aromatic carbocycles. The van der Waals surface area contributed by atoms with Crippen LogP contribution in [0.15, 0.2) is 0 Å². The van der Waals surface area contributed by atoms with E-state index in [-0.39, 0.29) is 17.6 Å². The van der Waals surface area contributed by atoms with Crippen molar-refractivity contribution in [2.24, 2.45) is 11.7 Å². The largest absolute Gasteiger partial charge is 0.390 e. The zero-order valence-electron chi connectivity index (χ0n) is 8.08. The van der Waals surface area contributed by atoms with Crippen LogP contribution in [0.1, 0.15) is 27.2 Å². The van der Waals surface area contributed by atoms with Gasteiger partial charge in [-0.05, 0) is 13.3 Å². The van der Waals surface area contributed by atoms with E-state index in [4.69, 9.17) is 10.5 Å². The summed E-state index contributed by atoms with van der Waals surface area (Å²) in [4.78, 5) is 0. The predicted octanol–water partition coefficient (Wildman–Crippen LogP) is 0.510. The lowest BCUT2D eigenvalue weighted by molar-refractivity contribution is -0.0462. The van der Waals surface area contributed by atoms with Crippen molar-refractivity contribution in [2.75, 3.05) is 6.54 Å². The van der Waals surface area contributed by atoms with E-state index in [1.54, 1.807) is 0 Å². The Hall–Kier alpha value is -0.120. The fourth-order valence-corrected chi connectivity index (χ4v) is 1.80. The van der Waals surface area contributed by atoms with Gasteiger partial charge in [0, 0.05) is 12.5 Å². The zero-order valence-corrected chi connectivity index (χ0v) is 8.08. The topological polar surface area (TPSA) is 55.5 Å². The normalized spacial score (nSPS) is 48.2. The van der Waals surface area contributed by atoms with Gasteiger partial charge in [-0.15, -0.1) is 0 Å². The number of hydrogen-bond donors (Lipinski definition) is 2. The molecule has 0 spiro atoms. The summed E-state index contributed by atoms with van der Waals surface area (Å²) in [5, 5.41) is 9.72. The molecule has 0 saturated carbocycles. The summed E-state index contributed by atoms with van der Waals surface area (Å²) < 4.78 is 5.70. The molecule has 1 heterocycles. The molecule has 3 heteroatoms. The lowest BCUT2D eigenvalue weighted by Gasteiger charge is -2.26. The minimum atomic E-state index is -0.403. The average Bonchev–Trinajstić information content (AvgIpc) is 2.31. The Kier molecular flexibility index (Phi) is 2.76. The first kappa shape index (κ1) is 9.96. The third-order valence-electron chi connectivity index (χ3n) is 3.21. The summed E-state index contributed by atoms with van der Waals surface area (Å²) in [5.41, 5.74) is 5.29. The van der Waals surface area contributed by atoms with E-state index < -0.39 is 6.10 Å². The molecule has 12 heavy (non-hydrogen) atoms. The molecule has 72 valence electrons. The molecule has 0 amide bonds. The van der Waals surface area contributed by atoms with Crippen LogP contribution >= 0.6 is 0 Å². The van der Waals surface area contributed by atoms with Crippen LogP contribution in [0.25, 0.3) is 0 Å². The molecule has 3 nitrogen and oxygen atoms in total. The number of nitrogens with two attached hydrogens (primary N) is 1. The van der Waals surface area contributed by atoms with Gasteiger partial charge in [-0.2, -0.15) is 0 Å². The first-order chi connectivity index (χ1) is 5.55. The summed E-state index contributed by atoms with van der Waals surface area (Å²) in [6.45, 7) is 6.53. The summed E-state index contributed by atoms with van der Waals surface area (Å²) in [5.74, 6) is 0.177. The molecule has 1 fully saturated rings. The van der Waals surface area contributed by atoms with E-state index in [1.807, 2.05) is 13.8 Å². The highest BCUT2D eigenvalue weighted by Crippen LogP contribution is 2.37. The van der Waals surface area contributed by atoms with E-state index in [1.165, 1.54) is 0 Å². The van der Waals surface area contributed by atoms with Crippen LogP contribution in [-0.4, -0.2) is 29.5 Å². The maximum atomic E-state index is 9.72. The Morgan fingerprint density at radius 1 is 1.58 bits per heavy atom. The SMILES string of the molecule is CCC1(C)OC(CN)C(O)C1C. The molecule has 3 N–H and O–H groups in total. The molecule has 1 saturated heterocycles. The van der Waals surface area contributed by atoms with Crippen LogP contribution in [0.5, 0.6) is 0 Å². The number of ether oxygens (including phenoxy) is 1. The Labute approximate surface area is 73.9 Å². The second kappa shape index (κ2) is 3.32. The third-order valence-corrected chi connectivity index (χ3v) is 3.21. The van der Waals surface area contributed by atoms with Gasteiger partial charge in [-0.1, -0.05) is 13.8 Å². The summed E-state index contributed by atoms with van der Waals surface area (Å²) in [6.07, 6.45) is 0.340. The molecular weight excluding hydrogens is 154 g/mol. The highest BCUT2D eigenvalue weighted by atomic mass is 16.5. The van der Waals surface area contributed by atoms with Gasteiger partial charge in [0.2, 0.25) is 0 Å². The second-order valence-electron chi connectivity index (χ2n) is 3.84. The van der Waals surface area contributed by atoms with Crippen LogP contribution in [0.2, 0.25) is 0 Å². The third kappa shape index (κ3) is 1.37. The fraction of sp³-hybridized carbons (Fsp3) is 1.00. The maximum Gasteiger partial charge on any atom is 0.0966 e. The minimum absolute atomic E-state index is 0.176. The van der Waals surface area contributed by atoms with E-state index in [0.717, 1.165) is 6.42 Å². The molecular formula is C9H19NO2. The summed E-state index contributed by atoms with van der Waals surface area (Å²) in [6, 6.07) is 0. The van der Waals surface area contributed by atoms with Gasteiger partial charge < -0.3 is 15.6 Å². The summed E-state index contributed by atoms with van der Waals surface area (Å²) in [7, 11) is 0. The van der Waals surface area contributed by atoms with Gasteiger partial charge >= 0.3 is 0 Å². The second-order valence-corrected chi connectivity index (χ2v) is 3.84. The molecule has 1 rings (SSSR count). The van der Waals surface area contributed by atoms with Gasteiger partial charge in [-0.25, -0.2) is 0 Å². The Morgan fingerprint density at radius 2 is 2.17 bits per heavy atom. The maximum absolute atomic E-state index is 9.72. The molecule has 4 atom stereocenters. The number of rotatable bonds is 2. The van der Waals surface area contributed by atoms with Crippen LogP contribution in [-0.2, 0) is 4.74 Å². The van der Waals surface area contributed by atoms with Crippen molar-refractivity contribution < 1.29 is 9.84 Å². The van der Waals surface area contributed by atoms with Crippen LogP contribution in [0, 0.1) is 5.92 Å². The average molecular weight is 173 g/mol. The molecule has 1 aliphatic heterocycles. The van der Waals surface area contributed by atoms with E-state index in [2.05, 4.69) is 6.92 Å². The monoisotopic (exact) mass is 173 g/mol. The van der Waals surface area contributed by atoms with Crippen molar-refractivity contribution >= 4 is 0 Å². The summed E-state index contributed by atoms with van der Waals surface area (Å²) >= 11 is 0. The molecule has 4 unspecified atom stereocenters. The lowest BCUT2D eigenvalue weighted by atomic mass is 9.86. The highest BCUT2D eigenvalue weighted by Gasteiger charge is 2.47. The van der Waals surface area contributed by atoms with Crippen LogP contribution in [0.4, 0.5) is 0 Å². The quantitative estimate of drug-likeness (QED) is 0.639. The van der Waals surface area contributed by atoms with Gasteiger partial charge in [0.15, 0.2) is 0 Å². The Morgan fingerprint density at radius 3 is 2.42 bits per heavy atom. The van der Waals surface area contributed by atoms with Gasteiger partial charge in [0.25, 0.3) is 0 Å². The van der Waals surface area contributed by atoms with Crippen LogP contribution in [0.3, 0.4) is 0 Å². The van der Waals surface area contributed by atoms with Gasteiger partial charge in [0.05, 0.1) is 17.8 Å². The standard InChI is InChI=1S/C9H19NO2/c1-4-9(3)6(2)8(11)7(5-10)12-9/h6-8,11H,4-5,10H2,1-3H3. The first-order valence-electron chi connectivity index (χ1n) is 4.61. The Balaban J connectivity index is 2.72. The van der Waals surface area contributed by atoms with Crippen molar-refractivity contribution in [1.82, 2.24) is 0 Å². The fourth-order valence-electron chi connectivity index (χ4n) is 1.80. The molecule has 0 aromatic rings. The van der Waals surface area contributed by atoms with Gasteiger partial charge in [-0.3, -0.25) is 0 Å². The van der Waals surface area contributed by atoms with E-state index >= 15 is 0 Å². The van der Waals surface area contributed by atoms with Crippen molar-refractivity contribution in [3.63, 3.8) is 0 Å². The molecule has 0 aromatic heterocycles. The van der Waals surface area contributed by atoms with E-state index in [0.29, 0.717) is 6.54 Å². The van der Waals surface area contributed by atoms with Crippen molar-refractivity contribution in [1.29, 1.82) is 0 Å². The molecule has 1 aliphatic rings. The molecule has 0 aliphatic carbocycles. The van der Waals surface area contributed by atoms with Gasteiger partial charge in [0.1, 0.15) is 0 Å². The number of aliphatic hydroxyl groups excluding tert-OH is 1. The first-order valence-corrected chi connectivity index (χ1v) is 4.61. The lowest BCUT2D eigenvalue weighted by Crippen LogP contribution is -2.32. The smallest absolute Gasteiger partial charge is 0.0966 e. The van der Waals surface area contributed by atoms with Crippen molar-refractivity contribution in [3.8, 4) is 0 Å². The predicted molar refractivity (Wildman–Crippen MR) is 47.8 cm³/mol. The minimum Gasteiger partial charge on any atom is -0.390 e.